The number of nitrogens with zero attached hydrogens (tertiary/aromatic N) is 4. The highest BCUT2D eigenvalue weighted by Gasteiger charge is 2.12. The molecule has 2 N–H and O–H groups in total. The third-order valence-electron chi connectivity index (χ3n) is 2.27. The third kappa shape index (κ3) is 1.99. The van der Waals surface area contributed by atoms with Crippen LogP contribution in [-0.4, -0.2) is 20.7 Å². The molecule has 0 aliphatic carbocycles. The summed E-state index contributed by atoms with van der Waals surface area (Å²) in [5.74, 6) is -0.344. The number of hydrogen-bond acceptors (Lipinski definition) is 5. The van der Waals surface area contributed by atoms with Gasteiger partial charge >= 0.3 is 0 Å². The number of pyridine rings is 1. The summed E-state index contributed by atoms with van der Waals surface area (Å²) in [7, 11) is 0. The van der Waals surface area contributed by atoms with Crippen LogP contribution >= 0.6 is 0 Å². The highest BCUT2D eigenvalue weighted by atomic mass is 16.2. The molecule has 2 heterocycles. The number of anilines is 1. The largest absolute Gasteiger partial charge is 0.396 e. The molecule has 0 saturated carbocycles. The van der Waals surface area contributed by atoms with Crippen molar-refractivity contribution in [1.82, 2.24) is 14.8 Å². The van der Waals surface area contributed by atoms with Crippen molar-refractivity contribution in [2.75, 3.05) is 5.73 Å². The zero-order valence-electron chi connectivity index (χ0n) is 9.08. The van der Waals surface area contributed by atoms with Crippen LogP contribution in [0.3, 0.4) is 0 Å². The van der Waals surface area contributed by atoms with Crippen molar-refractivity contribution in [3.05, 3.63) is 41.5 Å². The maximum absolute atomic E-state index is 12.0. The van der Waals surface area contributed by atoms with Gasteiger partial charge in [-0.3, -0.25) is 4.79 Å². The lowest BCUT2D eigenvalue weighted by Crippen LogP contribution is -2.13. The van der Waals surface area contributed by atoms with Crippen molar-refractivity contribution < 1.29 is 4.79 Å². The Hall–Kier alpha value is -2.68. The Morgan fingerprint density at radius 3 is 2.94 bits per heavy atom. The molecular formula is C11H9N5O. The molecule has 0 aromatic carbocycles. The summed E-state index contributed by atoms with van der Waals surface area (Å²) in [5.41, 5.74) is 7.19. The average Bonchev–Trinajstić information content (AvgIpc) is 2.69. The number of aromatic nitrogens is 3. The summed E-state index contributed by atoms with van der Waals surface area (Å²) in [6.07, 6.45) is 2.86. The van der Waals surface area contributed by atoms with Crippen LogP contribution in [0, 0.1) is 18.3 Å². The Kier molecular flexibility index (Phi) is 2.58. The van der Waals surface area contributed by atoms with Gasteiger partial charge in [0, 0.05) is 11.8 Å². The van der Waals surface area contributed by atoms with E-state index in [1.807, 2.05) is 6.07 Å². The normalized spacial score (nSPS) is 9.88. The molecule has 0 atom stereocenters. The Balaban J connectivity index is 2.40. The van der Waals surface area contributed by atoms with E-state index in [1.54, 1.807) is 6.92 Å². The molecule has 0 amide bonds. The number of nitrogens with two attached hydrogens (primary N) is 1. The van der Waals surface area contributed by atoms with E-state index in [9.17, 15) is 4.79 Å². The molecule has 17 heavy (non-hydrogen) atoms. The first-order chi connectivity index (χ1) is 8.11. The van der Waals surface area contributed by atoms with Gasteiger partial charge in [0.1, 0.15) is 11.8 Å². The Morgan fingerprint density at radius 1 is 1.59 bits per heavy atom. The molecule has 0 fully saturated rings. The van der Waals surface area contributed by atoms with Crippen LogP contribution in [0.5, 0.6) is 0 Å². The second kappa shape index (κ2) is 4.06. The van der Waals surface area contributed by atoms with Crippen LogP contribution in [0.25, 0.3) is 0 Å². The van der Waals surface area contributed by atoms with Crippen LogP contribution in [0.4, 0.5) is 5.69 Å². The lowest BCUT2D eigenvalue weighted by molar-refractivity contribution is 0.0944. The maximum atomic E-state index is 12.0. The Morgan fingerprint density at radius 2 is 2.35 bits per heavy atom. The molecule has 0 aliphatic rings. The molecular weight excluding hydrogens is 218 g/mol. The zero-order chi connectivity index (χ0) is 12.4. The van der Waals surface area contributed by atoms with Crippen molar-refractivity contribution in [2.24, 2.45) is 0 Å². The monoisotopic (exact) mass is 227 g/mol. The fraction of sp³-hybridized carbons (Fsp3) is 0.0909. The van der Waals surface area contributed by atoms with E-state index in [2.05, 4.69) is 10.1 Å². The van der Waals surface area contributed by atoms with Crippen molar-refractivity contribution in [3.63, 3.8) is 0 Å². The quantitative estimate of drug-likeness (QED) is 0.774. The third-order valence-corrected chi connectivity index (χ3v) is 2.27. The van der Waals surface area contributed by atoms with Gasteiger partial charge in [0.2, 0.25) is 0 Å². The number of carbonyl (C=O) groups excluding carboxylic acids is 1. The van der Waals surface area contributed by atoms with Crippen molar-refractivity contribution in [3.8, 4) is 6.07 Å². The lowest BCUT2D eigenvalue weighted by Gasteiger charge is -1.99. The molecule has 0 unspecified atom stereocenters. The average molecular weight is 227 g/mol. The van der Waals surface area contributed by atoms with E-state index >= 15 is 0 Å². The van der Waals surface area contributed by atoms with Crippen LogP contribution in [0.2, 0.25) is 0 Å². The minimum Gasteiger partial charge on any atom is -0.396 e. The summed E-state index contributed by atoms with van der Waals surface area (Å²) in [5, 5.41) is 12.7. The number of carbonyl (C=O) groups is 1. The van der Waals surface area contributed by atoms with E-state index in [1.165, 1.54) is 24.5 Å². The Labute approximate surface area is 97.3 Å². The molecule has 0 saturated heterocycles. The standard InChI is InChI=1S/C11H9N5O/c1-7-10(13)6-16(15-7)11(17)8-2-3-14-9(4-8)5-12/h2-4,6H,13H2,1H3. The summed E-state index contributed by atoms with van der Waals surface area (Å²) < 4.78 is 1.15. The second-order valence-electron chi connectivity index (χ2n) is 3.46. The maximum Gasteiger partial charge on any atom is 0.278 e. The number of nitrogen functional groups attached to an aromatic ring is 1. The molecule has 6 heteroatoms. The van der Waals surface area contributed by atoms with Crippen molar-refractivity contribution in [1.29, 1.82) is 5.26 Å². The topological polar surface area (TPSA) is 97.6 Å². The van der Waals surface area contributed by atoms with E-state index in [-0.39, 0.29) is 11.6 Å². The van der Waals surface area contributed by atoms with Crippen molar-refractivity contribution >= 4 is 11.6 Å². The van der Waals surface area contributed by atoms with Gasteiger partial charge in [0.05, 0.1) is 17.6 Å². The van der Waals surface area contributed by atoms with E-state index in [0.29, 0.717) is 16.9 Å². The molecule has 0 aliphatic heterocycles. The van der Waals surface area contributed by atoms with Crippen LogP contribution in [0.15, 0.2) is 24.5 Å². The van der Waals surface area contributed by atoms with Crippen LogP contribution in [0.1, 0.15) is 21.7 Å². The molecule has 2 rings (SSSR count). The van der Waals surface area contributed by atoms with E-state index < -0.39 is 0 Å². The van der Waals surface area contributed by atoms with Gasteiger partial charge in [0.15, 0.2) is 0 Å². The van der Waals surface area contributed by atoms with Crippen molar-refractivity contribution in [2.45, 2.75) is 6.92 Å². The Bertz CT molecular complexity index is 604. The molecule has 6 nitrogen and oxygen atoms in total. The van der Waals surface area contributed by atoms with Gasteiger partial charge in [-0.05, 0) is 19.1 Å². The van der Waals surface area contributed by atoms with Gasteiger partial charge in [-0.15, -0.1) is 0 Å². The molecule has 84 valence electrons. The van der Waals surface area contributed by atoms with Gasteiger partial charge in [0.25, 0.3) is 5.91 Å². The number of hydrogen-bond donors (Lipinski definition) is 1. The van der Waals surface area contributed by atoms with Gasteiger partial charge in [-0.2, -0.15) is 10.4 Å². The minimum absolute atomic E-state index is 0.188. The predicted octanol–water partition coefficient (Wildman–Crippen LogP) is 0.729. The summed E-state index contributed by atoms with van der Waals surface area (Å²) in [4.78, 5) is 15.8. The van der Waals surface area contributed by atoms with E-state index in [4.69, 9.17) is 11.0 Å². The summed E-state index contributed by atoms with van der Waals surface area (Å²) >= 11 is 0. The number of aryl methyl sites for hydroxylation is 1. The van der Waals surface area contributed by atoms with Gasteiger partial charge in [-0.1, -0.05) is 0 Å². The van der Waals surface area contributed by atoms with Crippen LogP contribution in [-0.2, 0) is 0 Å². The smallest absolute Gasteiger partial charge is 0.278 e. The zero-order valence-corrected chi connectivity index (χ0v) is 9.08. The second-order valence-corrected chi connectivity index (χ2v) is 3.46. The first-order valence-corrected chi connectivity index (χ1v) is 4.84. The SMILES string of the molecule is Cc1nn(C(=O)c2ccnc(C#N)c2)cc1N. The number of rotatable bonds is 1. The minimum atomic E-state index is -0.344. The lowest BCUT2D eigenvalue weighted by atomic mass is 10.2. The first-order valence-electron chi connectivity index (χ1n) is 4.84. The fourth-order valence-electron chi connectivity index (χ4n) is 1.33. The van der Waals surface area contributed by atoms with E-state index in [0.717, 1.165) is 4.68 Å². The summed E-state index contributed by atoms with van der Waals surface area (Å²) in [6, 6.07) is 4.81. The molecule has 2 aromatic rings. The molecule has 0 radical (unpaired) electrons. The van der Waals surface area contributed by atoms with Crippen LogP contribution < -0.4 is 5.73 Å². The summed E-state index contributed by atoms with van der Waals surface area (Å²) in [6.45, 7) is 1.71. The molecule has 2 aromatic heterocycles. The molecule has 0 bridgehead atoms. The number of nitriles is 1. The first kappa shape index (κ1) is 10.8. The molecule has 0 spiro atoms. The predicted molar refractivity (Wildman–Crippen MR) is 60.1 cm³/mol. The highest BCUT2D eigenvalue weighted by Crippen LogP contribution is 2.09. The fourth-order valence-corrected chi connectivity index (χ4v) is 1.33. The van der Waals surface area contributed by atoms with Gasteiger partial charge in [-0.25, -0.2) is 9.67 Å². The highest BCUT2D eigenvalue weighted by molar-refractivity contribution is 5.95. The van der Waals surface area contributed by atoms with Gasteiger partial charge < -0.3 is 5.73 Å².